The third-order valence-corrected chi connectivity index (χ3v) is 11.3. The van der Waals surface area contributed by atoms with Crippen LogP contribution in [0.15, 0.2) is 91.0 Å². The molecule has 2 nitrogen and oxygen atoms in total. The lowest BCUT2D eigenvalue weighted by Gasteiger charge is -2.42. The zero-order valence-corrected chi connectivity index (χ0v) is 19.2. The van der Waals surface area contributed by atoms with E-state index in [9.17, 15) is 4.80 Å². The Morgan fingerprint density at radius 1 is 0.833 bits per heavy atom. The van der Waals surface area contributed by atoms with E-state index in [0.29, 0.717) is 5.92 Å². The highest BCUT2D eigenvalue weighted by Crippen LogP contribution is 2.43. The van der Waals surface area contributed by atoms with Gasteiger partial charge in [0.05, 0.1) is 0 Å². The van der Waals surface area contributed by atoms with Crippen molar-refractivity contribution in [3.8, 4) is 0 Å². The molecule has 1 aliphatic heterocycles. The molecule has 4 rings (SSSR count). The van der Waals surface area contributed by atoms with E-state index in [0.717, 1.165) is 36.4 Å². The lowest BCUT2D eigenvalue weighted by atomic mass is 9.95. The van der Waals surface area contributed by atoms with Gasteiger partial charge in [0, 0.05) is 13.1 Å². The molecule has 1 atom stereocenters. The van der Waals surface area contributed by atoms with Crippen LogP contribution in [0.25, 0.3) is 0 Å². The van der Waals surface area contributed by atoms with Crippen molar-refractivity contribution in [2.45, 2.75) is 38.3 Å². The molecule has 3 heteroatoms. The molecule has 0 radical (unpaired) electrons. The van der Waals surface area contributed by atoms with E-state index in [-0.39, 0.29) is 5.04 Å². The Balaban J connectivity index is 1.54. The van der Waals surface area contributed by atoms with Gasteiger partial charge < -0.3 is 4.80 Å². The Hall–Kier alpha value is -2.20. The molecule has 3 aromatic carbocycles. The summed E-state index contributed by atoms with van der Waals surface area (Å²) in [5.41, 5.74) is 1.39. The Labute approximate surface area is 182 Å². The summed E-state index contributed by atoms with van der Waals surface area (Å²) in [5, 5.41) is 2.06. The molecule has 0 amide bonds. The molecule has 0 spiro atoms. The number of rotatable bonds is 7. The van der Waals surface area contributed by atoms with Crippen LogP contribution >= 0.6 is 0 Å². The summed E-state index contributed by atoms with van der Waals surface area (Å²) >= 11 is 0. The fourth-order valence-electron chi connectivity index (χ4n) is 5.24. The highest BCUT2D eigenvalue weighted by atomic mass is 28.4. The lowest BCUT2D eigenvalue weighted by molar-refractivity contribution is 0.303. The van der Waals surface area contributed by atoms with Gasteiger partial charge in [0.1, 0.15) is 0 Å². The molecule has 0 bridgehead atoms. The minimum absolute atomic E-state index is 0.164. The maximum atomic E-state index is 12.4. The molecular weight excluding hydrogens is 382 g/mol. The molecule has 1 heterocycles. The maximum absolute atomic E-state index is 12.4. The van der Waals surface area contributed by atoms with Gasteiger partial charge in [-0.2, -0.15) is 0 Å². The molecule has 1 N–H and O–H groups in total. The Bertz CT molecular complexity index is 887. The molecule has 0 aromatic heterocycles. The standard InChI is InChI=1S/C27H33NOSi/c1-27(2,20-24-18-19-28(22-24)21-23-12-6-3-7-13-23)30(29,25-14-8-4-9-15-25)26-16-10-5-11-17-26/h3-17,24,29H,18-22H2,1-2H3/t24-/m0/s1. The van der Waals surface area contributed by atoms with Crippen LogP contribution in [0.1, 0.15) is 32.3 Å². The van der Waals surface area contributed by atoms with Crippen molar-refractivity contribution in [1.82, 2.24) is 4.90 Å². The maximum Gasteiger partial charge on any atom is 0.258 e. The third kappa shape index (κ3) is 4.29. The highest BCUT2D eigenvalue weighted by Gasteiger charge is 2.50. The first kappa shape index (κ1) is 21.0. The van der Waals surface area contributed by atoms with Crippen LogP contribution in [0.4, 0.5) is 0 Å². The summed E-state index contributed by atoms with van der Waals surface area (Å²) in [5.74, 6) is 0.621. The van der Waals surface area contributed by atoms with Crippen LogP contribution in [0, 0.1) is 5.92 Å². The molecule has 156 valence electrons. The van der Waals surface area contributed by atoms with Crippen molar-refractivity contribution in [3.05, 3.63) is 96.6 Å². The number of nitrogens with zero attached hydrogens (tertiary/aromatic N) is 1. The van der Waals surface area contributed by atoms with Crippen molar-refractivity contribution in [2.24, 2.45) is 5.92 Å². The van der Waals surface area contributed by atoms with Crippen LogP contribution in [-0.2, 0) is 6.54 Å². The van der Waals surface area contributed by atoms with Gasteiger partial charge in [-0.05, 0) is 46.3 Å². The molecule has 30 heavy (non-hydrogen) atoms. The van der Waals surface area contributed by atoms with E-state index < -0.39 is 8.32 Å². The van der Waals surface area contributed by atoms with Crippen molar-refractivity contribution in [1.29, 1.82) is 0 Å². The second-order valence-electron chi connectivity index (χ2n) is 9.41. The van der Waals surface area contributed by atoms with Crippen LogP contribution in [0.2, 0.25) is 5.04 Å². The van der Waals surface area contributed by atoms with Gasteiger partial charge in [-0.1, -0.05) is 105 Å². The second-order valence-corrected chi connectivity index (χ2v) is 13.3. The number of hydrogen-bond donors (Lipinski definition) is 1. The van der Waals surface area contributed by atoms with E-state index in [1.165, 1.54) is 12.0 Å². The van der Waals surface area contributed by atoms with Gasteiger partial charge in [0.15, 0.2) is 0 Å². The average Bonchev–Trinajstić information content (AvgIpc) is 3.21. The van der Waals surface area contributed by atoms with Crippen LogP contribution in [0.5, 0.6) is 0 Å². The Kier molecular flexibility index (Phi) is 6.23. The second kappa shape index (κ2) is 8.89. The molecule has 0 unspecified atom stereocenters. The summed E-state index contributed by atoms with van der Waals surface area (Å²) in [6.07, 6.45) is 2.26. The van der Waals surface area contributed by atoms with E-state index >= 15 is 0 Å². The topological polar surface area (TPSA) is 23.5 Å². The van der Waals surface area contributed by atoms with Gasteiger partial charge in [0.25, 0.3) is 8.32 Å². The molecule has 0 aliphatic carbocycles. The average molecular weight is 416 g/mol. The summed E-state index contributed by atoms with van der Waals surface area (Å²) in [4.78, 5) is 14.9. The summed E-state index contributed by atoms with van der Waals surface area (Å²) in [6.45, 7) is 7.87. The van der Waals surface area contributed by atoms with Crippen molar-refractivity contribution < 1.29 is 4.80 Å². The monoisotopic (exact) mass is 415 g/mol. The summed E-state index contributed by atoms with van der Waals surface area (Å²) in [6, 6.07) is 31.6. The Morgan fingerprint density at radius 3 is 1.87 bits per heavy atom. The zero-order chi connectivity index (χ0) is 21.0. The fraction of sp³-hybridized carbons (Fsp3) is 0.333. The minimum atomic E-state index is -2.91. The molecule has 1 fully saturated rings. The molecule has 0 saturated carbocycles. The first-order valence-electron chi connectivity index (χ1n) is 11.1. The molecule has 1 saturated heterocycles. The van der Waals surface area contributed by atoms with Gasteiger partial charge in [-0.15, -0.1) is 0 Å². The van der Waals surface area contributed by atoms with Crippen LogP contribution in [-0.4, -0.2) is 31.1 Å². The number of benzene rings is 3. The number of hydrogen-bond acceptors (Lipinski definition) is 2. The summed E-state index contributed by atoms with van der Waals surface area (Å²) < 4.78 is 0. The van der Waals surface area contributed by atoms with Crippen molar-refractivity contribution >= 4 is 18.7 Å². The lowest BCUT2D eigenvalue weighted by Crippen LogP contribution is -2.65. The first-order valence-corrected chi connectivity index (χ1v) is 13.0. The molecule has 1 aliphatic rings. The van der Waals surface area contributed by atoms with Gasteiger partial charge in [-0.3, -0.25) is 4.90 Å². The van der Waals surface area contributed by atoms with Crippen LogP contribution < -0.4 is 10.4 Å². The first-order chi connectivity index (χ1) is 14.5. The van der Waals surface area contributed by atoms with E-state index in [2.05, 4.69) is 97.6 Å². The minimum Gasteiger partial charge on any atom is -0.424 e. The van der Waals surface area contributed by atoms with Crippen molar-refractivity contribution in [2.75, 3.05) is 13.1 Å². The van der Waals surface area contributed by atoms with Gasteiger partial charge >= 0.3 is 0 Å². The van der Waals surface area contributed by atoms with Crippen LogP contribution in [0.3, 0.4) is 0 Å². The predicted octanol–water partition coefficient (Wildman–Crippen LogP) is 4.43. The highest BCUT2D eigenvalue weighted by molar-refractivity contribution is 6.98. The number of likely N-dealkylation sites (tertiary alicyclic amines) is 1. The van der Waals surface area contributed by atoms with Gasteiger partial charge in [0.2, 0.25) is 0 Å². The zero-order valence-electron chi connectivity index (χ0n) is 18.2. The third-order valence-electron chi connectivity index (χ3n) is 6.78. The van der Waals surface area contributed by atoms with Gasteiger partial charge in [-0.25, -0.2) is 0 Å². The largest absolute Gasteiger partial charge is 0.424 e. The van der Waals surface area contributed by atoms with Crippen molar-refractivity contribution in [3.63, 3.8) is 0 Å². The Morgan fingerprint density at radius 2 is 1.33 bits per heavy atom. The molecule has 3 aromatic rings. The van der Waals surface area contributed by atoms with E-state index in [4.69, 9.17) is 0 Å². The SMILES string of the molecule is CC(C)(C[C@@H]1CCN(Cc2ccccc2)C1)[Si](O)(c1ccccc1)c1ccccc1. The normalized spacial score (nSPS) is 17.9. The van der Waals surface area contributed by atoms with E-state index in [1.54, 1.807) is 0 Å². The predicted molar refractivity (Wildman–Crippen MR) is 129 cm³/mol. The fourth-order valence-corrected chi connectivity index (χ4v) is 9.07. The quantitative estimate of drug-likeness (QED) is 0.577. The summed E-state index contributed by atoms with van der Waals surface area (Å²) in [7, 11) is -2.91. The smallest absolute Gasteiger partial charge is 0.258 e. The van der Waals surface area contributed by atoms with E-state index in [1.807, 2.05) is 12.1 Å². The molecular formula is C27H33NOSi.